The van der Waals surface area contributed by atoms with Crippen molar-refractivity contribution in [3.05, 3.63) is 0 Å². The normalized spacial score (nSPS) is 11.0. The lowest BCUT2D eigenvalue weighted by molar-refractivity contribution is 0.0783. The lowest BCUT2D eigenvalue weighted by atomic mass is 10.9. The van der Waals surface area contributed by atoms with Crippen molar-refractivity contribution in [2.45, 2.75) is 34.2 Å². The minimum atomic E-state index is -2.25. The summed E-state index contributed by atoms with van der Waals surface area (Å²) in [5.41, 5.74) is 0. The van der Waals surface area contributed by atoms with Gasteiger partial charge < -0.3 is 17.7 Å². The molecule has 0 radical (unpaired) electrons. The van der Waals surface area contributed by atoms with Gasteiger partial charge in [0.15, 0.2) is 0 Å². The van der Waals surface area contributed by atoms with Crippen LogP contribution in [0.2, 0.25) is 6.55 Å². The van der Waals surface area contributed by atoms with Crippen LogP contribution in [0.25, 0.3) is 0 Å². The third kappa shape index (κ3) is 12.2. The van der Waals surface area contributed by atoms with Crippen molar-refractivity contribution in [3.8, 4) is 0 Å². The third-order valence-electron chi connectivity index (χ3n) is 1.51. The maximum Gasteiger partial charge on any atom is 0.497 e. The quantitative estimate of drug-likeness (QED) is 0.634. The predicted molar refractivity (Wildman–Crippen MR) is 68.1 cm³/mol. The van der Waals surface area contributed by atoms with E-state index in [2.05, 4.69) is 4.43 Å². The van der Waals surface area contributed by atoms with Crippen LogP contribution in [-0.4, -0.2) is 45.7 Å². The fraction of sp³-hybridized carbons (Fsp3) is 1.00. The molecule has 0 atom stereocenters. The van der Waals surface area contributed by atoms with Gasteiger partial charge in [0, 0.05) is 33.0 Å². The molecule has 0 N–H and O–H groups in total. The van der Waals surface area contributed by atoms with Crippen molar-refractivity contribution >= 4 is 19.3 Å². The molecule has 0 aromatic heterocycles. The van der Waals surface area contributed by atoms with Gasteiger partial charge in [0.05, 0.1) is 0 Å². The zero-order valence-corrected chi connectivity index (χ0v) is 14.0. The highest BCUT2D eigenvalue weighted by atomic mass is 28.4. The van der Waals surface area contributed by atoms with Crippen LogP contribution >= 0.6 is 0 Å². The summed E-state index contributed by atoms with van der Waals surface area (Å²) in [6, 6.07) is 0. The average Bonchev–Trinajstić information content (AvgIpc) is 2.19. The SMILES string of the molecule is CCO[SiH3].CCO[Si](C)(OCC)OCC. The van der Waals surface area contributed by atoms with Gasteiger partial charge >= 0.3 is 8.80 Å². The molecule has 0 fully saturated rings. The number of hydrogen-bond acceptors (Lipinski definition) is 4. The maximum absolute atomic E-state index is 5.40. The van der Waals surface area contributed by atoms with Gasteiger partial charge in [-0.1, -0.05) is 0 Å². The van der Waals surface area contributed by atoms with Gasteiger partial charge in [-0.15, -0.1) is 0 Å². The molecule has 0 aromatic carbocycles. The van der Waals surface area contributed by atoms with Crippen LogP contribution in [0.3, 0.4) is 0 Å². The Morgan fingerprint density at radius 3 is 1.20 bits per heavy atom. The van der Waals surface area contributed by atoms with E-state index in [1.807, 2.05) is 34.2 Å². The van der Waals surface area contributed by atoms with Gasteiger partial charge in [0.1, 0.15) is 10.5 Å². The third-order valence-corrected chi connectivity index (χ3v) is 4.52. The topological polar surface area (TPSA) is 36.9 Å². The molecular weight excluding hydrogens is 228 g/mol. The van der Waals surface area contributed by atoms with Gasteiger partial charge in [-0.05, 0) is 27.7 Å². The Morgan fingerprint density at radius 2 is 1.07 bits per heavy atom. The molecule has 0 unspecified atom stereocenters. The van der Waals surface area contributed by atoms with Crippen molar-refractivity contribution in [3.63, 3.8) is 0 Å². The van der Waals surface area contributed by atoms with Crippen LogP contribution in [0.15, 0.2) is 0 Å². The van der Waals surface area contributed by atoms with E-state index in [0.717, 1.165) is 17.1 Å². The molecule has 0 saturated heterocycles. The average molecular weight is 254 g/mol. The molecule has 0 aliphatic carbocycles. The molecule has 0 bridgehead atoms. The highest BCUT2D eigenvalue weighted by Crippen LogP contribution is 2.08. The zero-order valence-electron chi connectivity index (χ0n) is 11.0. The molecule has 6 heteroatoms. The Bertz CT molecular complexity index is 106. The summed E-state index contributed by atoms with van der Waals surface area (Å²) in [7, 11) is -1.36. The van der Waals surface area contributed by atoms with Crippen molar-refractivity contribution in [2.24, 2.45) is 0 Å². The van der Waals surface area contributed by atoms with Gasteiger partial charge in [-0.2, -0.15) is 0 Å². The van der Waals surface area contributed by atoms with Crippen molar-refractivity contribution in [2.75, 3.05) is 26.4 Å². The second kappa shape index (κ2) is 12.3. The van der Waals surface area contributed by atoms with Crippen molar-refractivity contribution in [1.29, 1.82) is 0 Å². The molecule has 0 aliphatic rings. The van der Waals surface area contributed by atoms with Crippen LogP contribution in [0.1, 0.15) is 27.7 Å². The summed E-state index contributed by atoms with van der Waals surface area (Å²) in [6.07, 6.45) is 0. The Balaban J connectivity index is 0. The second-order valence-electron chi connectivity index (χ2n) is 2.74. The van der Waals surface area contributed by atoms with Gasteiger partial charge in [-0.25, -0.2) is 0 Å². The molecule has 0 amide bonds. The maximum atomic E-state index is 5.40. The second-order valence-corrected chi connectivity index (χ2v) is 5.91. The van der Waals surface area contributed by atoms with E-state index in [-0.39, 0.29) is 0 Å². The highest BCUT2D eigenvalue weighted by molar-refractivity contribution is 6.59. The van der Waals surface area contributed by atoms with Crippen LogP contribution in [0.4, 0.5) is 0 Å². The van der Waals surface area contributed by atoms with Crippen LogP contribution < -0.4 is 0 Å². The fourth-order valence-corrected chi connectivity index (χ4v) is 2.73. The standard InChI is InChI=1S/C7H18O3Si.C2H8OSi/c1-5-8-11(4,9-6-2)10-7-3;1-2-3-4/h5-7H2,1-4H3;2H2,1,4H3. The molecule has 94 valence electrons. The van der Waals surface area contributed by atoms with E-state index in [1.54, 1.807) is 0 Å². The number of hydrogen-bond donors (Lipinski definition) is 0. The summed E-state index contributed by atoms with van der Waals surface area (Å²) in [4.78, 5) is 0. The summed E-state index contributed by atoms with van der Waals surface area (Å²) in [5, 5.41) is 0. The Kier molecular flexibility index (Phi) is 14.5. The first kappa shape index (κ1) is 17.7. The van der Waals surface area contributed by atoms with Crippen molar-refractivity contribution < 1.29 is 17.7 Å². The van der Waals surface area contributed by atoms with E-state index in [9.17, 15) is 0 Å². The minimum Gasteiger partial charge on any atom is -0.428 e. The molecule has 0 spiro atoms. The predicted octanol–water partition coefficient (Wildman–Crippen LogP) is 0.968. The molecule has 0 aromatic rings. The first-order chi connectivity index (χ1) is 7.10. The monoisotopic (exact) mass is 254 g/mol. The Hall–Kier alpha value is 0.274. The van der Waals surface area contributed by atoms with E-state index >= 15 is 0 Å². The Labute approximate surface area is 98.2 Å². The summed E-state index contributed by atoms with van der Waals surface area (Å²) in [5.74, 6) is 0. The first-order valence-corrected chi connectivity index (χ1v) is 8.54. The lowest BCUT2D eigenvalue weighted by Gasteiger charge is -2.23. The van der Waals surface area contributed by atoms with Gasteiger partial charge in [0.25, 0.3) is 0 Å². The van der Waals surface area contributed by atoms with E-state index in [4.69, 9.17) is 13.3 Å². The minimum absolute atomic E-state index is 0.655. The first-order valence-electron chi connectivity index (χ1n) is 5.50. The van der Waals surface area contributed by atoms with Crippen LogP contribution in [0.5, 0.6) is 0 Å². The zero-order chi connectivity index (χ0) is 12.2. The highest BCUT2D eigenvalue weighted by Gasteiger charge is 2.32. The summed E-state index contributed by atoms with van der Waals surface area (Å²) < 4.78 is 20.9. The van der Waals surface area contributed by atoms with Crippen LogP contribution in [-0.2, 0) is 17.7 Å². The van der Waals surface area contributed by atoms with E-state index in [0.29, 0.717) is 19.8 Å². The molecular formula is C9H26O4Si2. The van der Waals surface area contributed by atoms with E-state index < -0.39 is 8.80 Å². The lowest BCUT2D eigenvalue weighted by Crippen LogP contribution is -2.42. The van der Waals surface area contributed by atoms with Crippen LogP contribution in [0, 0.1) is 0 Å². The number of rotatable bonds is 7. The largest absolute Gasteiger partial charge is 0.497 e. The molecule has 0 heterocycles. The molecule has 0 saturated carbocycles. The molecule has 0 rings (SSSR count). The van der Waals surface area contributed by atoms with Gasteiger partial charge in [0.2, 0.25) is 0 Å². The van der Waals surface area contributed by atoms with Crippen molar-refractivity contribution in [1.82, 2.24) is 0 Å². The fourth-order valence-electron chi connectivity index (χ4n) is 0.912. The summed E-state index contributed by atoms with van der Waals surface area (Å²) >= 11 is 0. The van der Waals surface area contributed by atoms with Gasteiger partial charge in [-0.3, -0.25) is 0 Å². The molecule has 15 heavy (non-hydrogen) atoms. The molecule has 4 nitrogen and oxygen atoms in total. The summed E-state index contributed by atoms with van der Waals surface area (Å²) in [6.45, 7) is 12.6. The molecule has 0 aliphatic heterocycles. The Morgan fingerprint density at radius 1 is 0.800 bits per heavy atom. The smallest absolute Gasteiger partial charge is 0.428 e. The van der Waals surface area contributed by atoms with E-state index in [1.165, 1.54) is 0 Å².